The number of hydrogen-bond acceptors (Lipinski definition) is 8. The number of para-hydroxylation sites is 1. The lowest BCUT2D eigenvalue weighted by Gasteiger charge is -2.09. The maximum atomic E-state index is 5.26. The molecule has 3 aromatic heterocycles. The van der Waals surface area contributed by atoms with Crippen LogP contribution in [0.3, 0.4) is 0 Å². The molecule has 0 bridgehead atoms. The van der Waals surface area contributed by atoms with Crippen molar-refractivity contribution in [1.82, 2.24) is 20.1 Å². The van der Waals surface area contributed by atoms with Gasteiger partial charge in [0.15, 0.2) is 5.82 Å². The molecular formula is C17H16N6OS. The fourth-order valence-electron chi connectivity index (χ4n) is 2.39. The van der Waals surface area contributed by atoms with E-state index in [2.05, 4.69) is 25.4 Å². The highest BCUT2D eigenvalue weighted by Gasteiger charge is 2.12. The van der Waals surface area contributed by atoms with Crippen LogP contribution in [0.25, 0.3) is 21.6 Å². The van der Waals surface area contributed by atoms with Crippen molar-refractivity contribution in [1.29, 1.82) is 0 Å². The Balaban J connectivity index is 1.67. The third-order valence-electron chi connectivity index (χ3n) is 3.61. The van der Waals surface area contributed by atoms with Crippen LogP contribution in [-0.2, 0) is 6.54 Å². The van der Waals surface area contributed by atoms with Gasteiger partial charge >= 0.3 is 0 Å². The maximum absolute atomic E-state index is 5.26. The molecule has 0 aliphatic carbocycles. The SMILES string of the molecule is CN(C)c1noc(CNc2nc(-c3cccs3)nc3ccccc23)n1. The van der Waals surface area contributed by atoms with Gasteiger partial charge in [-0.1, -0.05) is 18.2 Å². The summed E-state index contributed by atoms with van der Waals surface area (Å²) in [6.07, 6.45) is 0. The Kier molecular flexibility index (Phi) is 4.02. The minimum Gasteiger partial charge on any atom is -0.360 e. The van der Waals surface area contributed by atoms with E-state index in [-0.39, 0.29) is 0 Å². The zero-order chi connectivity index (χ0) is 17.2. The van der Waals surface area contributed by atoms with Crippen molar-refractivity contribution < 1.29 is 4.52 Å². The van der Waals surface area contributed by atoms with E-state index in [0.29, 0.717) is 24.2 Å². The lowest BCUT2D eigenvalue weighted by atomic mass is 10.2. The summed E-state index contributed by atoms with van der Waals surface area (Å²) in [5.41, 5.74) is 0.892. The van der Waals surface area contributed by atoms with E-state index in [9.17, 15) is 0 Å². The van der Waals surface area contributed by atoms with E-state index >= 15 is 0 Å². The summed E-state index contributed by atoms with van der Waals surface area (Å²) in [5.74, 6) is 2.50. The highest BCUT2D eigenvalue weighted by atomic mass is 32.1. The maximum Gasteiger partial charge on any atom is 0.265 e. The molecule has 0 aliphatic rings. The molecule has 0 fully saturated rings. The molecule has 25 heavy (non-hydrogen) atoms. The van der Waals surface area contributed by atoms with Gasteiger partial charge in [0.2, 0.25) is 5.89 Å². The van der Waals surface area contributed by atoms with Gasteiger partial charge in [-0.3, -0.25) is 0 Å². The highest BCUT2D eigenvalue weighted by Crippen LogP contribution is 2.27. The van der Waals surface area contributed by atoms with Crippen LogP contribution in [0, 0.1) is 0 Å². The number of aromatic nitrogens is 4. The first-order chi connectivity index (χ1) is 12.2. The summed E-state index contributed by atoms with van der Waals surface area (Å²) in [6, 6.07) is 11.9. The molecule has 0 atom stereocenters. The van der Waals surface area contributed by atoms with E-state index in [1.807, 2.05) is 55.9 Å². The molecule has 126 valence electrons. The normalized spacial score (nSPS) is 11.0. The third-order valence-corrected chi connectivity index (χ3v) is 4.48. The van der Waals surface area contributed by atoms with Crippen LogP contribution >= 0.6 is 11.3 Å². The van der Waals surface area contributed by atoms with Gasteiger partial charge in [-0.25, -0.2) is 9.97 Å². The van der Waals surface area contributed by atoms with Crippen LogP contribution < -0.4 is 10.2 Å². The average Bonchev–Trinajstić information content (AvgIpc) is 3.31. The fraction of sp³-hybridized carbons (Fsp3) is 0.176. The number of nitrogens with zero attached hydrogens (tertiary/aromatic N) is 5. The zero-order valence-corrected chi connectivity index (χ0v) is 14.6. The Morgan fingerprint density at radius 3 is 2.72 bits per heavy atom. The molecule has 4 rings (SSSR count). The molecule has 8 heteroatoms. The van der Waals surface area contributed by atoms with Crippen molar-refractivity contribution in [3.8, 4) is 10.7 Å². The molecule has 0 aliphatic heterocycles. The lowest BCUT2D eigenvalue weighted by Crippen LogP contribution is -2.10. The van der Waals surface area contributed by atoms with Gasteiger partial charge in [-0.2, -0.15) is 4.98 Å². The third kappa shape index (κ3) is 3.16. The summed E-state index contributed by atoms with van der Waals surface area (Å²) in [7, 11) is 3.74. The molecule has 0 saturated heterocycles. The summed E-state index contributed by atoms with van der Waals surface area (Å²) >= 11 is 1.62. The topological polar surface area (TPSA) is 80.0 Å². The summed E-state index contributed by atoms with van der Waals surface area (Å²) in [5, 5.41) is 10.2. The zero-order valence-electron chi connectivity index (χ0n) is 13.8. The molecule has 0 amide bonds. The van der Waals surface area contributed by atoms with Crippen molar-refractivity contribution in [3.63, 3.8) is 0 Å². The number of anilines is 2. The van der Waals surface area contributed by atoms with Crippen molar-refractivity contribution in [2.24, 2.45) is 0 Å². The number of benzene rings is 1. The lowest BCUT2D eigenvalue weighted by molar-refractivity contribution is 0.383. The van der Waals surface area contributed by atoms with Crippen LogP contribution in [0.2, 0.25) is 0 Å². The van der Waals surface area contributed by atoms with E-state index in [1.165, 1.54) is 0 Å². The predicted octanol–water partition coefficient (Wildman–Crippen LogP) is 3.42. The van der Waals surface area contributed by atoms with Crippen molar-refractivity contribution in [2.75, 3.05) is 24.3 Å². The second-order valence-corrected chi connectivity index (χ2v) is 6.57. The second kappa shape index (κ2) is 6.48. The van der Waals surface area contributed by atoms with Gasteiger partial charge < -0.3 is 14.7 Å². The Morgan fingerprint density at radius 1 is 1.08 bits per heavy atom. The van der Waals surface area contributed by atoms with E-state index < -0.39 is 0 Å². The van der Waals surface area contributed by atoms with Gasteiger partial charge in [-0.15, -0.1) is 11.3 Å². The van der Waals surface area contributed by atoms with E-state index in [0.717, 1.165) is 21.6 Å². The van der Waals surface area contributed by atoms with E-state index in [4.69, 9.17) is 4.52 Å². The van der Waals surface area contributed by atoms with Crippen molar-refractivity contribution in [3.05, 3.63) is 47.7 Å². The van der Waals surface area contributed by atoms with Crippen LogP contribution in [0.4, 0.5) is 11.8 Å². The van der Waals surface area contributed by atoms with Crippen molar-refractivity contribution >= 4 is 34.0 Å². The van der Waals surface area contributed by atoms with Gasteiger partial charge in [-0.05, 0) is 28.7 Å². The van der Waals surface area contributed by atoms with Gasteiger partial charge in [0.1, 0.15) is 5.82 Å². The molecule has 0 saturated carbocycles. The quantitative estimate of drug-likeness (QED) is 0.589. The second-order valence-electron chi connectivity index (χ2n) is 5.63. The monoisotopic (exact) mass is 352 g/mol. The number of hydrogen-bond donors (Lipinski definition) is 1. The summed E-state index contributed by atoms with van der Waals surface area (Å²) < 4.78 is 5.26. The first kappa shape index (κ1) is 15.5. The first-order valence-electron chi connectivity index (χ1n) is 7.75. The molecule has 0 spiro atoms. The molecule has 1 aromatic carbocycles. The molecule has 0 unspecified atom stereocenters. The summed E-state index contributed by atoms with van der Waals surface area (Å²) in [4.78, 5) is 16.5. The summed E-state index contributed by atoms with van der Waals surface area (Å²) in [6.45, 7) is 0.395. The van der Waals surface area contributed by atoms with Gasteiger partial charge in [0, 0.05) is 19.5 Å². The van der Waals surface area contributed by atoms with Crippen LogP contribution in [0.1, 0.15) is 5.89 Å². The predicted molar refractivity (Wildman–Crippen MR) is 98.8 cm³/mol. The van der Waals surface area contributed by atoms with Gasteiger partial charge in [0.05, 0.1) is 16.9 Å². The van der Waals surface area contributed by atoms with Crippen LogP contribution in [0.15, 0.2) is 46.3 Å². The molecule has 7 nitrogen and oxygen atoms in total. The first-order valence-corrected chi connectivity index (χ1v) is 8.63. The largest absolute Gasteiger partial charge is 0.360 e. The van der Waals surface area contributed by atoms with Crippen molar-refractivity contribution in [2.45, 2.75) is 6.54 Å². The Bertz CT molecular complexity index is 995. The Hall–Kier alpha value is -3.00. The smallest absolute Gasteiger partial charge is 0.265 e. The molecule has 1 N–H and O–H groups in total. The molecule has 4 aromatic rings. The molecular weight excluding hydrogens is 336 g/mol. The number of nitrogens with one attached hydrogen (secondary N) is 1. The Morgan fingerprint density at radius 2 is 1.96 bits per heavy atom. The molecule has 0 radical (unpaired) electrons. The number of fused-ring (bicyclic) bond motifs is 1. The van der Waals surface area contributed by atoms with E-state index in [1.54, 1.807) is 16.2 Å². The van der Waals surface area contributed by atoms with Crippen LogP contribution in [-0.4, -0.2) is 34.2 Å². The van der Waals surface area contributed by atoms with Crippen LogP contribution in [0.5, 0.6) is 0 Å². The number of rotatable bonds is 5. The fourth-order valence-corrected chi connectivity index (χ4v) is 3.04. The number of thiophene rings is 1. The Labute approximate surface area is 148 Å². The average molecular weight is 352 g/mol. The minimum absolute atomic E-state index is 0.395. The highest BCUT2D eigenvalue weighted by molar-refractivity contribution is 7.13. The molecule has 3 heterocycles. The van der Waals surface area contributed by atoms with Gasteiger partial charge in [0.25, 0.3) is 5.95 Å². The standard InChI is InChI=1S/C17H16N6OS/c1-23(2)17-20-14(24-22-17)10-18-15-11-6-3-4-7-12(11)19-16(21-15)13-8-5-9-25-13/h3-9H,10H2,1-2H3,(H,18,19,21). The minimum atomic E-state index is 0.395.